The molecule has 1 heterocycles. The molecule has 1 aliphatic carbocycles. The van der Waals surface area contributed by atoms with Gasteiger partial charge in [0.2, 0.25) is 0 Å². The number of thiophene rings is 1. The Hall–Kier alpha value is -1.16. The average molecular weight is 286 g/mol. The van der Waals surface area contributed by atoms with E-state index >= 15 is 0 Å². The van der Waals surface area contributed by atoms with Gasteiger partial charge in [-0.2, -0.15) is 0 Å². The number of hydrogen-bond acceptors (Lipinski definition) is 3. The van der Waals surface area contributed by atoms with Crippen LogP contribution < -0.4 is 11.3 Å². The Labute approximate surface area is 125 Å². The number of benzene rings is 1. The Bertz CT molecular complexity index is 583. The van der Waals surface area contributed by atoms with Crippen molar-refractivity contribution in [1.82, 2.24) is 5.43 Å². The average Bonchev–Trinajstić information content (AvgIpc) is 2.87. The Morgan fingerprint density at radius 3 is 2.70 bits per heavy atom. The van der Waals surface area contributed by atoms with E-state index in [9.17, 15) is 0 Å². The van der Waals surface area contributed by atoms with Crippen LogP contribution in [0.25, 0.3) is 0 Å². The fourth-order valence-corrected chi connectivity index (χ4v) is 4.50. The lowest BCUT2D eigenvalue weighted by Crippen LogP contribution is -2.33. The predicted molar refractivity (Wildman–Crippen MR) is 86.0 cm³/mol. The molecule has 1 aromatic carbocycles. The van der Waals surface area contributed by atoms with Gasteiger partial charge in [0.25, 0.3) is 0 Å². The molecule has 0 spiro atoms. The molecule has 0 radical (unpaired) electrons. The largest absolute Gasteiger partial charge is 0.271 e. The number of hydrogen-bond donors (Lipinski definition) is 2. The van der Waals surface area contributed by atoms with E-state index in [1.54, 1.807) is 4.88 Å². The summed E-state index contributed by atoms with van der Waals surface area (Å²) in [4.78, 5) is 1.55. The van der Waals surface area contributed by atoms with E-state index < -0.39 is 0 Å². The van der Waals surface area contributed by atoms with Crippen molar-refractivity contribution in [1.29, 1.82) is 0 Å². The van der Waals surface area contributed by atoms with Crippen molar-refractivity contribution >= 4 is 11.3 Å². The molecule has 1 aromatic heterocycles. The van der Waals surface area contributed by atoms with Crippen LogP contribution in [0.3, 0.4) is 0 Å². The third-order valence-corrected chi connectivity index (χ3v) is 5.28. The summed E-state index contributed by atoms with van der Waals surface area (Å²) < 4.78 is 0. The Morgan fingerprint density at radius 2 is 2.00 bits per heavy atom. The maximum Gasteiger partial charge on any atom is 0.0529 e. The molecule has 2 aromatic rings. The van der Waals surface area contributed by atoms with Crippen molar-refractivity contribution < 1.29 is 0 Å². The fourth-order valence-electron chi connectivity index (χ4n) is 3.50. The highest BCUT2D eigenvalue weighted by atomic mass is 32.1. The smallest absolute Gasteiger partial charge is 0.0529 e. The van der Waals surface area contributed by atoms with Gasteiger partial charge in [0.1, 0.15) is 0 Å². The van der Waals surface area contributed by atoms with E-state index in [2.05, 4.69) is 48.9 Å². The van der Waals surface area contributed by atoms with Crippen LogP contribution in [0.1, 0.15) is 51.9 Å². The Morgan fingerprint density at radius 1 is 1.25 bits per heavy atom. The van der Waals surface area contributed by atoms with E-state index in [0.29, 0.717) is 5.92 Å². The van der Waals surface area contributed by atoms with Crippen LogP contribution in [0.4, 0.5) is 0 Å². The number of nitrogens with one attached hydrogen (secondary N) is 1. The quantitative estimate of drug-likeness (QED) is 0.661. The van der Waals surface area contributed by atoms with Gasteiger partial charge in [-0.25, -0.2) is 0 Å². The van der Waals surface area contributed by atoms with E-state index in [0.717, 1.165) is 0 Å². The third kappa shape index (κ3) is 2.53. The Kier molecular flexibility index (Phi) is 3.92. The molecule has 3 rings (SSSR count). The van der Waals surface area contributed by atoms with Crippen LogP contribution in [0.2, 0.25) is 0 Å². The van der Waals surface area contributed by atoms with Gasteiger partial charge in [0.15, 0.2) is 0 Å². The molecular weight excluding hydrogens is 264 g/mol. The molecule has 3 heteroatoms. The van der Waals surface area contributed by atoms with Gasteiger partial charge in [-0.1, -0.05) is 29.3 Å². The first-order valence-electron chi connectivity index (χ1n) is 7.29. The molecule has 2 atom stereocenters. The fraction of sp³-hybridized carbons (Fsp3) is 0.412. The molecule has 0 amide bonds. The lowest BCUT2D eigenvalue weighted by molar-refractivity contribution is 0.410. The van der Waals surface area contributed by atoms with Crippen LogP contribution in [0.5, 0.6) is 0 Å². The second-order valence-corrected chi connectivity index (χ2v) is 6.86. The summed E-state index contributed by atoms with van der Waals surface area (Å²) in [6.45, 7) is 4.31. The normalized spacial score (nSPS) is 19.6. The zero-order valence-corrected chi connectivity index (χ0v) is 13.0. The van der Waals surface area contributed by atoms with Crippen molar-refractivity contribution in [3.8, 4) is 0 Å². The molecular formula is C17H22N2S. The van der Waals surface area contributed by atoms with Gasteiger partial charge in [0, 0.05) is 10.8 Å². The van der Waals surface area contributed by atoms with E-state index in [1.165, 1.54) is 41.5 Å². The summed E-state index contributed by atoms with van der Waals surface area (Å²) in [6.07, 6.45) is 3.71. The molecule has 0 saturated heterocycles. The highest BCUT2D eigenvalue weighted by Crippen LogP contribution is 2.42. The predicted octanol–water partition coefficient (Wildman–Crippen LogP) is 3.99. The summed E-state index contributed by atoms with van der Waals surface area (Å²) in [5.41, 5.74) is 8.51. The van der Waals surface area contributed by atoms with Crippen LogP contribution in [0.15, 0.2) is 29.6 Å². The van der Waals surface area contributed by atoms with Crippen molar-refractivity contribution in [3.63, 3.8) is 0 Å². The monoisotopic (exact) mass is 286 g/mol. The second kappa shape index (κ2) is 5.68. The van der Waals surface area contributed by atoms with Crippen LogP contribution in [-0.4, -0.2) is 0 Å². The van der Waals surface area contributed by atoms with E-state index in [1.807, 2.05) is 11.3 Å². The van der Waals surface area contributed by atoms with Crippen LogP contribution >= 0.6 is 11.3 Å². The van der Waals surface area contributed by atoms with E-state index in [-0.39, 0.29) is 6.04 Å². The van der Waals surface area contributed by atoms with Crippen molar-refractivity contribution in [2.45, 2.75) is 45.1 Å². The molecule has 106 valence electrons. The third-order valence-electron chi connectivity index (χ3n) is 4.28. The zero-order chi connectivity index (χ0) is 14.1. The molecule has 20 heavy (non-hydrogen) atoms. The number of hydrazine groups is 1. The first-order valence-corrected chi connectivity index (χ1v) is 8.17. The highest BCUT2D eigenvalue weighted by Gasteiger charge is 2.29. The molecule has 1 aliphatic rings. The van der Waals surface area contributed by atoms with E-state index in [4.69, 9.17) is 5.84 Å². The molecule has 0 fully saturated rings. The summed E-state index contributed by atoms with van der Waals surface area (Å²) in [7, 11) is 0. The minimum Gasteiger partial charge on any atom is -0.271 e. The lowest BCUT2D eigenvalue weighted by atomic mass is 9.79. The second-order valence-electron chi connectivity index (χ2n) is 5.86. The van der Waals surface area contributed by atoms with Crippen molar-refractivity contribution in [3.05, 3.63) is 56.8 Å². The van der Waals surface area contributed by atoms with Crippen LogP contribution in [-0.2, 0) is 6.42 Å². The maximum absolute atomic E-state index is 5.92. The summed E-state index contributed by atoms with van der Waals surface area (Å²) in [5.74, 6) is 6.41. The zero-order valence-electron chi connectivity index (χ0n) is 12.1. The number of nitrogens with two attached hydrogens (primary N) is 1. The lowest BCUT2D eigenvalue weighted by Gasteiger charge is -2.31. The van der Waals surface area contributed by atoms with Crippen molar-refractivity contribution in [2.75, 3.05) is 0 Å². The number of rotatable bonds is 3. The molecule has 2 unspecified atom stereocenters. The molecule has 0 saturated carbocycles. The molecule has 0 aliphatic heterocycles. The van der Waals surface area contributed by atoms with Gasteiger partial charge in [-0.15, -0.1) is 11.3 Å². The molecule has 2 nitrogen and oxygen atoms in total. The first-order chi connectivity index (χ1) is 9.69. The van der Waals surface area contributed by atoms with Gasteiger partial charge in [-0.3, -0.25) is 11.3 Å². The van der Waals surface area contributed by atoms with Gasteiger partial charge in [0.05, 0.1) is 6.04 Å². The van der Waals surface area contributed by atoms with Crippen LogP contribution in [0, 0.1) is 13.8 Å². The summed E-state index contributed by atoms with van der Waals surface area (Å²) >= 11 is 1.89. The SMILES string of the molecule is Cc1cc(C)cc(C(NN)C2CCCc3sccc32)c1. The van der Waals surface area contributed by atoms with Gasteiger partial charge >= 0.3 is 0 Å². The van der Waals surface area contributed by atoms with Crippen molar-refractivity contribution in [2.24, 2.45) is 5.84 Å². The first kappa shape index (κ1) is 13.8. The maximum atomic E-state index is 5.92. The highest BCUT2D eigenvalue weighted by molar-refractivity contribution is 7.10. The van der Waals surface area contributed by atoms with Gasteiger partial charge in [-0.05, 0) is 55.7 Å². The standard InChI is InChI=1S/C17H22N2S/c1-11-8-12(2)10-13(9-11)17(19-18)15-4-3-5-16-14(15)6-7-20-16/h6-10,15,17,19H,3-5,18H2,1-2H3. The number of aryl methyl sites for hydroxylation is 3. The summed E-state index contributed by atoms with van der Waals surface area (Å²) in [6, 6.07) is 9.24. The minimum absolute atomic E-state index is 0.210. The molecule has 3 N–H and O–H groups in total. The molecule has 0 bridgehead atoms. The number of fused-ring (bicyclic) bond motifs is 1. The summed E-state index contributed by atoms with van der Waals surface area (Å²) in [5, 5.41) is 2.22. The minimum atomic E-state index is 0.210. The Balaban J connectivity index is 1.99. The topological polar surface area (TPSA) is 38.0 Å². The van der Waals surface area contributed by atoms with Gasteiger partial charge < -0.3 is 0 Å².